The Balaban J connectivity index is 2.66. The molecule has 1 saturated carbocycles. The van der Waals surface area contributed by atoms with Gasteiger partial charge in [0.15, 0.2) is 0 Å². The van der Waals surface area contributed by atoms with Gasteiger partial charge in [-0.1, -0.05) is 13.3 Å². The third-order valence-corrected chi connectivity index (χ3v) is 3.80. The van der Waals surface area contributed by atoms with Crippen molar-refractivity contribution >= 4 is 11.9 Å². The van der Waals surface area contributed by atoms with E-state index in [1.54, 1.807) is 4.90 Å². The normalized spacial score (nSPS) is 25.6. The molecule has 0 bridgehead atoms. The lowest BCUT2D eigenvalue weighted by molar-refractivity contribution is -0.142. The fraction of sp³-hybridized carbons (Fsp3) is 0.846. The fourth-order valence-corrected chi connectivity index (χ4v) is 2.77. The molecule has 0 aromatic rings. The predicted molar refractivity (Wildman–Crippen MR) is 65.6 cm³/mol. The van der Waals surface area contributed by atoms with E-state index in [1.807, 2.05) is 13.8 Å². The zero-order chi connectivity index (χ0) is 13.0. The van der Waals surface area contributed by atoms with Crippen molar-refractivity contribution in [3.05, 3.63) is 0 Å². The number of carboxylic acids is 1. The first kappa shape index (κ1) is 14.0. The van der Waals surface area contributed by atoms with E-state index in [4.69, 9.17) is 5.11 Å². The minimum atomic E-state index is -0.844. The summed E-state index contributed by atoms with van der Waals surface area (Å²) >= 11 is 0. The fourth-order valence-electron chi connectivity index (χ4n) is 2.77. The molecule has 98 valence electrons. The van der Waals surface area contributed by atoms with Gasteiger partial charge in [-0.15, -0.1) is 0 Å². The van der Waals surface area contributed by atoms with Crippen LogP contribution >= 0.6 is 0 Å². The van der Waals surface area contributed by atoms with Crippen LogP contribution < -0.4 is 0 Å². The second-order valence-corrected chi connectivity index (χ2v) is 5.09. The smallest absolute Gasteiger partial charge is 0.305 e. The van der Waals surface area contributed by atoms with Crippen LogP contribution in [0.3, 0.4) is 0 Å². The lowest BCUT2D eigenvalue weighted by Crippen LogP contribution is -2.43. The van der Waals surface area contributed by atoms with E-state index in [1.165, 1.54) is 0 Å². The molecule has 0 spiro atoms. The van der Waals surface area contributed by atoms with E-state index in [0.717, 1.165) is 19.3 Å². The molecule has 1 amide bonds. The van der Waals surface area contributed by atoms with Gasteiger partial charge in [0.25, 0.3) is 0 Å². The van der Waals surface area contributed by atoms with E-state index in [-0.39, 0.29) is 24.3 Å². The van der Waals surface area contributed by atoms with Gasteiger partial charge >= 0.3 is 5.97 Å². The number of amides is 1. The molecule has 3 atom stereocenters. The maximum atomic E-state index is 12.3. The first-order chi connectivity index (χ1) is 7.97. The molecule has 1 N–H and O–H groups in total. The zero-order valence-electron chi connectivity index (χ0n) is 11.0. The summed E-state index contributed by atoms with van der Waals surface area (Å²) in [5.74, 6) is -0.158. The molecule has 0 radical (unpaired) electrons. The molecule has 3 unspecified atom stereocenters. The molecule has 0 aromatic carbocycles. The van der Waals surface area contributed by atoms with Crippen LogP contribution in [0, 0.1) is 11.8 Å². The van der Waals surface area contributed by atoms with Gasteiger partial charge in [0.2, 0.25) is 5.91 Å². The van der Waals surface area contributed by atoms with Gasteiger partial charge in [-0.25, -0.2) is 0 Å². The molecule has 0 aromatic heterocycles. The van der Waals surface area contributed by atoms with E-state index in [2.05, 4.69) is 6.92 Å². The van der Waals surface area contributed by atoms with Crippen molar-refractivity contribution in [3.63, 3.8) is 0 Å². The maximum absolute atomic E-state index is 12.3. The average Bonchev–Trinajstić information content (AvgIpc) is 2.64. The Morgan fingerprint density at radius 3 is 2.47 bits per heavy atom. The number of aliphatic carboxylic acids is 1. The molecule has 0 saturated heterocycles. The highest BCUT2D eigenvalue weighted by Crippen LogP contribution is 2.33. The van der Waals surface area contributed by atoms with Crippen LogP contribution in [0.4, 0.5) is 0 Å². The Morgan fingerprint density at radius 1 is 1.41 bits per heavy atom. The highest BCUT2D eigenvalue weighted by Gasteiger charge is 2.34. The van der Waals surface area contributed by atoms with Crippen LogP contribution in [0.15, 0.2) is 0 Å². The van der Waals surface area contributed by atoms with E-state index >= 15 is 0 Å². The quantitative estimate of drug-likeness (QED) is 0.802. The van der Waals surface area contributed by atoms with Gasteiger partial charge in [0, 0.05) is 18.5 Å². The van der Waals surface area contributed by atoms with Crippen LogP contribution in [0.5, 0.6) is 0 Å². The summed E-state index contributed by atoms with van der Waals surface area (Å²) in [6.45, 7) is 6.44. The first-order valence-corrected chi connectivity index (χ1v) is 6.49. The lowest BCUT2D eigenvalue weighted by Gasteiger charge is -2.31. The van der Waals surface area contributed by atoms with Crippen molar-refractivity contribution in [2.24, 2.45) is 11.8 Å². The summed E-state index contributed by atoms with van der Waals surface area (Å²) in [6.07, 6.45) is 3.21. The molecular weight excluding hydrogens is 218 g/mol. The average molecular weight is 241 g/mol. The summed E-state index contributed by atoms with van der Waals surface area (Å²) in [5, 5.41) is 8.79. The molecule has 1 fully saturated rings. The molecular formula is C13H23NO3. The van der Waals surface area contributed by atoms with Gasteiger partial charge < -0.3 is 10.0 Å². The topological polar surface area (TPSA) is 57.6 Å². The molecule has 0 heterocycles. The largest absolute Gasteiger partial charge is 0.481 e. The summed E-state index contributed by atoms with van der Waals surface area (Å²) in [6, 6.07) is -0.210. The van der Waals surface area contributed by atoms with Gasteiger partial charge in [-0.2, -0.15) is 0 Å². The highest BCUT2D eigenvalue weighted by molar-refractivity contribution is 5.80. The van der Waals surface area contributed by atoms with Crippen LogP contribution in [-0.2, 0) is 9.59 Å². The molecule has 17 heavy (non-hydrogen) atoms. The van der Waals surface area contributed by atoms with E-state index in [0.29, 0.717) is 12.5 Å². The maximum Gasteiger partial charge on any atom is 0.305 e. The Bertz CT molecular complexity index is 290. The monoisotopic (exact) mass is 241 g/mol. The third-order valence-electron chi connectivity index (χ3n) is 3.80. The first-order valence-electron chi connectivity index (χ1n) is 6.49. The van der Waals surface area contributed by atoms with Crippen LogP contribution in [0.2, 0.25) is 0 Å². The van der Waals surface area contributed by atoms with Gasteiger partial charge in [-0.05, 0) is 32.6 Å². The number of rotatable bonds is 5. The highest BCUT2D eigenvalue weighted by atomic mass is 16.4. The Hall–Kier alpha value is -1.06. The van der Waals surface area contributed by atoms with Gasteiger partial charge in [-0.3, -0.25) is 9.59 Å². The molecule has 1 aliphatic rings. The number of carbonyl (C=O) groups excluding carboxylic acids is 1. The second-order valence-electron chi connectivity index (χ2n) is 5.09. The predicted octanol–water partition coefficient (Wildman–Crippen LogP) is 2.13. The molecule has 1 rings (SSSR count). The van der Waals surface area contributed by atoms with Crippen molar-refractivity contribution in [1.29, 1.82) is 0 Å². The number of carbonyl (C=O) groups is 2. The minimum absolute atomic E-state index is 0.0285. The van der Waals surface area contributed by atoms with Crippen molar-refractivity contribution in [2.75, 3.05) is 6.54 Å². The number of carboxylic acid groups (broad SMARTS) is 1. The van der Waals surface area contributed by atoms with Gasteiger partial charge in [0.05, 0.1) is 6.42 Å². The van der Waals surface area contributed by atoms with Crippen molar-refractivity contribution in [3.8, 4) is 0 Å². The molecule has 4 heteroatoms. The van der Waals surface area contributed by atoms with Crippen LogP contribution in [0.1, 0.15) is 46.5 Å². The Kier molecular flexibility index (Phi) is 4.97. The lowest BCUT2D eigenvalue weighted by atomic mass is 9.95. The minimum Gasteiger partial charge on any atom is -0.481 e. The second kappa shape index (κ2) is 6.03. The zero-order valence-corrected chi connectivity index (χ0v) is 11.0. The van der Waals surface area contributed by atoms with E-state index in [9.17, 15) is 9.59 Å². The molecule has 1 aliphatic carbocycles. The number of hydrogen-bond acceptors (Lipinski definition) is 2. The Morgan fingerprint density at radius 2 is 2.06 bits per heavy atom. The third kappa shape index (κ3) is 3.45. The summed E-state index contributed by atoms with van der Waals surface area (Å²) < 4.78 is 0. The summed E-state index contributed by atoms with van der Waals surface area (Å²) in [5.41, 5.74) is 0. The Labute approximate surface area is 103 Å². The van der Waals surface area contributed by atoms with Gasteiger partial charge in [0.1, 0.15) is 0 Å². The number of nitrogens with zero attached hydrogens (tertiary/aromatic N) is 1. The summed E-state index contributed by atoms with van der Waals surface area (Å²) in [7, 11) is 0. The van der Waals surface area contributed by atoms with Crippen molar-refractivity contribution < 1.29 is 14.7 Å². The van der Waals surface area contributed by atoms with E-state index < -0.39 is 5.97 Å². The van der Waals surface area contributed by atoms with Crippen molar-refractivity contribution in [1.82, 2.24) is 4.90 Å². The standard InChI is InChI=1S/C13H23NO3/c1-4-14(10(3)8-12(15)16)13(17)11-7-5-6-9(11)2/h9-11H,4-8H2,1-3H3,(H,15,16). The van der Waals surface area contributed by atoms with Crippen LogP contribution in [0.25, 0.3) is 0 Å². The summed E-state index contributed by atoms with van der Waals surface area (Å²) in [4.78, 5) is 24.8. The van der Waals surface area contributed by atoms with Crippen molar-refractivity contribution in [2.45, 2.75) is 52.5 Å². The molecule has 4 nitrogen and oxygen atoms in total. The van der Waals surface area contributed by atoms with Crippen LogP contribution in [-0.4, -0.2) is 34.5 Å². The number of hydrogen-bond donors (Lipinski definition) is 1. The molecule has 0 aliphatic heterocycles. The SMILES string of the molecule is CCN(C(=O)C1CCCC1C)C(C)CC(=O)O.